The highest BCUT2D eigenvalue weighted by molar-refractivity contribution is 7.09. The van der Waals surface area contributed by atoms with E-state index in [4.69, 9.17) is 4.74 Å². The molecule has 1 N–H and O–H groups in total. The van der Waals surface area contributed by atoms with E-state index in [1.165, 1.54) is 0 Å². The molecule has 0 aliphatic carbocycles. The van der Waals surface area contributed by atoms with Crippen LogP contribution in [-0.2, 0) is 4.74 Å². The molecule has 0 atom stereocenters. The van der Waals surface area contributed by atoms with Gasteiger partial charge < -0.3 is 10.1 Å². The lowest BCUT2D eigenvalue weighted by atomic mass is 10.0. The van der Waals surface area contributed by atoms with Crippen molar-refractivity contribution in [2.75, 3.05) is 19.8 Å². The summed E-state index contributed by atoms with van der Waals surface area (Å²) in [5.41, 5.74) is 0.560. The Balaban J connectivity index is 1.97. The highest BCUT2D eigenvalue weighted by Crippen LogP contribution is 2.29. The van der Waals surface area contributed by atoms with Gasteiger partial charge in [-0.2, -0.15) is 0 Å². The van der Waals surface area contributed by atoms with E-state index in [2.05, 4.69) is 10.3 Å². The summed E-state index contributed by atoms with van der Waals surface area (Å²) in [4.78, 5) is 16.1. The number of rotatable bonds is 4. The molecule has 1 amide bonds. The Kier molecular flexibility index (Phi) is 4.50. The van der Waals surface area contributed by atoms with Crippen LogP contribution < -0.4 is 5.32 Å². The second kappa shape index (κ2) is 6.12. The first-order valence-corrected chi connectivity index (χ1v) is 7.00. The molecule has 2 rings (SSSR count). The number of nitrogens with one attached hydrogen (secondary N) is 1. The standard InChI is InChI=1S/C12H18N2O2S/c1-2-5-13-11(15)10-8-17-12(14-10)9-3-6-16-7-4-9/h8-9H,2-7H2,1H3,(H,13,15). The van der Waals surface area contributed by atoms with E-state index >= 15 is 0 Å². The van der Waals surface area contributed by atoms with Crippen LogP contribution in [0.1, 0.15) is 47.6 Å². The molecule has 1 aromatic heterocycles. The van der Waals surface area contributed by atoms with Gasteiger partial charge in [0.2, 0.25) is 0 Å². The molecule has 1 fully saturated rings. The van der Waals surface area contributed by atoms with Gasteiger partial charge in [-0.15, -0.1) is 11.3 Å². The smallest absolute Gasteiger partial charge is 0.270 e. The van der Waals surface area contributed by atoms with Crippen molar-refractivity contribution in [3.63, 3.8) is 0 Å². The maximum absolute atomic E-state index is 11.7. The van der Waals surface area contributed by atoms with Gasteiger partial charge in [-0.3, -0.25) is 4.79 Å². The number of aromatic nitrogens is 1. The lowest BCUT2D eigenvalue weighted by Crippen LogP contribution is -2.24. The molecule has 1 saturated heterocycles. The molecule has 94 valence electrons. The summed E-state index contributed by atoms with van der Waals surface area (Å²) in [5.74, 6) is 0.419. The molecular weight excluding hydrogens is 236 g/mol. The first-order valence-electron chi connectivity index (χ1n) is 6.12. The second-order valence-corrected chi connectivity index (χ2v) is 5.10. The highest BCUT2D eigenvalue weighted by atomic mass is 32.1. The van der Waals surface area contributed by atoms with Gasteiger partial charge in [-0.05, 0) is 19.3 Å². The summed E-state index contributed by atoms with van der Waals surface area (Å²) in [5, 5.41) is 5.78. The average molecular weight is 254 g/mol. The van der Waals surface area contributed by atoms with Gasteiger partial charge in [-0.1, -0.05) is 6.92 Å². The second-order valence-electron chi connectivity index (χ2n) is 4.21. The third-order valence-electron chi connectivity index (χ3n) is 2.86. The third-order valence-corrected chi connectivity index (χ3v) is 3.87. The maximum Gasteiger partial charge on any atom is 0.270 e. The molecule has 4 nitrogen and oxygen atoms in total. The largest absolute Gasteiger partial charge is 0.381 e. The molecule has 0 radical (unpaired) electrons. The van der Waals surface area contributed by atoms with Crippen LogP contribution in [0.5, 0.6) is 0 Å². The van der Waals surface area contributed by atoms with Crippen molar-refractivity contribution in [1.29, 1.82) is 0 Å². The summed E-state index contributed by atoms with van der Waals surface area (Å²) in [6, 6.07) is 0. The van der Waals surface area contributed by atoms with Crippen molar-refractivity contribution in [3.05, 3.63) is 16.1 Å². The molecule has 17 heavy (non-hydrogen) atoms. The number of ether oxygens (including phenoxy) is 1. The fourth-order valence-corrected chi connectivity index (χ4v) is 2.82. The SMILES string of the molecule is CCCNC(=O)c1csc(C2CCOCC2)n1. The summed E-state index contributed by atoms with van der Waals surface area (Å²) >= 11 is 1.59. The van der Waals surface area contributed by atoms with Crippen LogP contribution in [0.3, 0.4) is 0 Å². The number of amides is 1. The van der Waals surface area contributed by atoms with Gasteiger partial charge in [0.1, 0.15) is 5.69 Å². The number of hydrogen-bond donors (Lipinski definition) is 1. The normalized spacial score (nSPS) is 17.0. The molecule has 1 aliphatic heterocycles. The number of carbonyl (C=O) groups excluding carboxylic acids is 1. The molecule has 0 aromatic carbocycles. The topological polar surface area (TPSA) is 51.2 Å². The van der Waals surface area contributed by atoms with E-state index in [1.807, 2.05) is 12.3 Å². The van der Waals surface area contributed by atoms with Crippen LogP contribution in [-0.4, -0.2) is 30.6 Å². The minimum absolute atomic E-state index is 0.0543. The van der Waals surface area contributed by atoms with E-state index in [0.29, 0.717) is 18.2 Å². The van der Waals surface area contributed by atoms with Gasteiger partial charge in [0.25, 0.3) is 5.91 Å². The van der Waals surface area contributed by atoms with Crippen molar-refractivity contribution in [3.8, 4) is 0 Å². The number of nitrogens with zero attached hydrogens (tertiary/aromatic N) is 1. The number of hydrogen-bond acceptors (Lipinski definition) is 4. The van der Waals surface area contributed by atoms with E-state index in [9.17, 15) is 4.79 Å². The zero-order chi connectivity index (χ0) is 12.1. The molecule has 5 heteroatoms. The summed E-state index contributed by atoms with van der Waals surface area (Å²) in [6.07, 6.45) is 2.98. The zero-order valence-corrected chi connectivity index (χ0v) is 10.9. The fourth-order valence-electron chi connectivity index (χ4n) is 1.85. The van der Waals surface area contributed by atoms with Crippen molar-refractivity contribution in [2.24, 2.45) is 0 Å². The molecular formula is C12H18N2O2S. The Morgan fingerprint density at radius 3 is 3.06 bits per heavy atom. The first-order chi connectivity index (χ1) is 8.31. The summed E-state index contributed by atoms with van der Waals surface area (Å²) in [7, 11) is 0. The fraction of sp³-hybridized carbons (Fsp3) is 0.667. The van der Waals surface area contributed by atoms with Crippen molar-refractivity contribution >= 4 is 17.2 Å². The van der Waals surface area contributed by atoms with Crippen LogP contribution >= 0.6 is 11.3 Å². The van der Waals surface area contributed by atoms with E-state index < -0.39 is 0 Å². The number of thiazole rings is 1. The van der Waals surface area contributed by atoms with E-state index in [-0.39, 0.29) is 5.91 Å². The molecule has 1 aliphatic rings. The quantitative estimate of drug-likeness (QED) is 0.896. The molecule has 0 saturated carbocycles. The molecule has 0 spiro atoms. The lowest BCUT2D eigenvalue weighted by Gasteiger charge is -2.19. The summed E-state index contributed by atoms with van der Waals surface area (Å²) in [6.45, 7) is 4.36. The van der Waals surface area contributed by atoms with Gasteiger partial charge in [0, 0.05) is 31.1 Å². The minimum atomic E-state index is -0.0543. The van der Waals surface area contributed by atoms with Gasteiger partial charge in [-0.25, -0.2) is 4.98 Å². The Hall–Kier alpha value is -0.940. The van der Waals surface area contributed by atoms with Crippen molar-refractivity contribution < 1.29 is 9.53 Å². The summed E-state index contributed by atoms with van der Waals surface area (Å²) < 4.78 is 5.33. The molecule has 0 bridgehead atoms. The predicted molar refractivity (Wildman–Crippen MR) is 67.5 cm³/mol. The molecule has 1 aromatic rings. The Morgan fingerprint density at radius 1 is 1.59 bits per heavy atom. The van der Waals surface area contributed by atoms with Crippen LogP contribution in [0.4, 0.5) is 0 Å². The van der Waals surface area contributed by atoms with Crippen LogP contribution in [0, 0.1) is 0 Å². The lowest BCUT2D eigenvalue weighted by molar-refractivity contribution is 0.0851. The van der Waals surface area contributed by atoms with Crippen molar-refractivity contribution in [1.82, 2.24) is 10.3 Å². The molecule has 0 unspecified atom stereocenters. The zero-order valence-electron chi connectivity index (χ0n) is 10.1. The third kappa shape index (κ3) is 3.26. The van der Waals surface area contributed by atoms with Crippen LogP contribution in [0.25, 0.3) is 0 Å². The Morgan fingerprint density at radius 2 is 2.35 bits per heavy atom. The maximum atomic E-state index is 11.7. The van der Waals surface area contributed by atoms with E-state index in [0.717, 1.165) is 37.5 Å². The van der Waals surface area contributed by atoms with Gasteiger partial charge in [0.15, 0.2) is 0 Å². The van der Waals surface area contributed by atoms with Crippen LogP contribution in [0.2, 0.25) is 0 Å². The van der Waals surface area contributed by atoms with Crippen LogP contribution in [0.15, 0.2) is 5.38 Å². The number of carbonyl (C=O) groups is 1. The average Bonchev–Trinajstić information content (AvgIpc) is 2.86. The van der Waals surface area contributed by atoms with Crippen molar-refractivity contribution in [2.45, 2.75) is 32.1 Å². The Bertz CT molecular complexity index is 372. The Labute approximate surface area is 105 Å². The monoisotopic (exact) mass is 254 g/mol. The van der Waals surface area contributed by atoms with Gasteiger partial charge >= 0.3 is 0 Å². The van der Waals surface area contributed by atoms with E-state index in [1.54, 1.807) is 11.3 Å². The molecule has 2 heterocycles. The highest BCUT2D eigenvalue weighted by Gasteiger charge is 2.20. The first kappa shape index (κ1) is 12.5. The van der Waals surface area contributed by atoms with Gasteiger partial charge in [0.05, 0.1) is 5.01 Å². The minimum Gasteiger partial charge on any atom is -0.381 e. The predicted octanol–water partition coefficient (Wildman–Crippen LogP) is 2.18.